The number of hydrogen-bond donors (Lipinski definition) is 0. The van der Waals surface area contributed by atoms with Crippen molar-refractivity contribution in [2.24, 2.45) is 0 Å². The zero-order chi connectivity index (χ0) is 12.8. The number of rotatable bonds is 4. The molecule has 1 atom stereocenters. The Kier molecular flexibility index (Phi) is 4.70. The van der Waals surface area contributed by atoms with Gasteiger partial charge in [0.1, 0.15) is 6.04 Å². The second-order valence-corrected chi connectivity index (χ2v) is 4.64. The molecule has 0 unspecified atom stereocenters. The number of pyridine rings is 1. The number of nitrogens with zero attached hydrogens (tertiary/aromatic N) is 2. The van der Waals surface area contributed by atoms with Crippen molar-refractivity contribution >= 4 is 5.97 Å². The average molecular weight is 248 g/mol. The third-order valence-corrected chi connectivity index (χ3v) is 3.47. The third kappa shape index (κ3) is 3.29. The molecule has 4 nitrogen and oxygen atoms in total. The zero-order valence-electron chi connectivity index (χ0n) is 10.8. The molecule has 0 radical (unpaired) electrons. The number of methoxy groups -OCH3 is 1. The lowest BCUT2D eigenvalue weighted by Gasteiger charge is -2.33. The quantitative estimate of drug-likeness (QED) is 0.760. The topological polar surface area (TPSA) is 42.4 Å². The summed E-state index contributed by atoms with van der Waals surface area (Å²) in [5, 5.41) is 0. The highest BCUT2D eigenvalue weighted by atomic mass is 16.5. The number of carbonyl (C=O) groups excluding carboxylic acids is 1. The summed E-state index contributed by atoms with van der Waals surface area (Å²) in [5.74, 6) is -0.101. The van der Waals surface area contributed by atoms with Crippen LogP contribution in [-0.2, 0) is 16.0 Å². The van der Waals surface area contributed by atoms with E-state index in [-0.39, 0.29) is 12.0 Å². The fraction of sp³-hybridized carbons (Fsp3) is 0.571. The first-order valence-electron chi connectivity index (χ1n) is 6.53. The van der Waals surface area contributed by atoms with Crippen molar-refractivity contribution in [3.63, 3.8) is 0 Å². The highest BCUT2D eigenvalue weighted by Crippen LogP contribution is 2.18. The molecule has 1 aromatic rings. The predicted octanol–water partition coefficient (Wildman–Crippen LogP) is 1.65. The van der Waals surface area contributed by atoms with E-state index >= 15 is 0 Å². The van der Waals surface area contributed by atoms with Gasteiger partial charge in [0.25, 0.3) is 0 Å². The van der Waals surface area contributed by atoms with Crippen LogP contribution in [0.25, 0.3) is 0 Å². The van der Waals surface area contributed by atoms with Crippen LogP contribution in [0.15, 0.2) is 24.4 Å². The summed E-state index contributed by atoms with van der Waals surface area (Å²) in [6.07, 6.45) is 5.88. The molecule has 0 N–H and O–H groups in total. The summed E-state index contributed by atoms with van der Waals surface area (Å²) in [5.41, 5.74) is 1.08. The molecule has 98 valence electrons. The first kappa shape index (κ1) is 13.0. The Balaban J connectivity index is 1.91. The maximum Gasteiger partial charge on any atom is 0.323 e. The smallest absolute Gasteiger partial charge is 0.323 e. The van der Waals surface area contributed by atoms with Crippen molar-refractivity contribution in [1.29, 1.82) is 0 Å². The lowest BCUT2D eigenvalue weighted by molar-refractivity contribution is -0.148. The number of piperidine rings is 1. The van der Waals surface area contributed by atoms with Crippen LogP contribution in [0.5, 0.6) is 0 Å². The summed E-state index contributed by atoms with van der Waals surface area (Å²) in [6.45, 7) is 1.85. The van der Waals surface area contributed by atoms with Gasteiger partial charge in [-0.25, -0.2) is 0 Å². The zero-order valence-corrected chi connectivity index (χ0v) is 10.8. The lowest BCUT2D eigenvalue weighted by Crippen LogP contribution is -2.46. The van der Waals surface area contributed by atoms with Gasteiger partial charge in [0.2, 0.25) is 0 Å². The Bertz CT molecular complexity index is 381. The van der Waals surface area contributed by atoms with E-state index in [1.54, 1.807) is 0 Å². The normalized spacial score (nSPS) is 20.6. The van der Waals surface area contributed by atoms with E-state index in [2.05, 4.69) is 9.88 Å². The molecule has 1 aromatic heterocycles. The lowest BCUT2D eigenvalue weighted by atomic mass is 10.0. The van der Waals surface area contributed by atoms with Gasteiger partial charge in [-0.3, -0.25) is 14.7 Å². The molecule has 1 aliphatic rings. The van der Waals surface area contributed by atoms with Gasteiger partial charge in [-0.1, -0.05) is 12.5 Å². The Labute approximate surface area is 108 Å². The highest BCUT2D eigenvalue weighted by molar-refractivity contribution is 5.75. The van der Waals surface area contributed by atoms with Crippen molar-refractivity contribution in [2.75, 3.05) is 20.2 Å². The van der Waals surface area contributed by atoms with Gasteiger partial charge < -0.3 is 4.74 Å². The van der Waals surface area contributed by atoms with Gasteiger partial charge in [0, 0.05) is 24.9 Å². The van der Waals surface area contributed by atoms with Crippen LogP contribution in [0.2, 0.25) is 0 Å². The van der Waals surface area contributed by atoms with Gasteiger partial charge in [-0.2, -0.15) is 0 Å². The second kappa shape index (κ2) is 6.50. The van der Waals surface area contributed by atoms with Crippen LogP contribution in [-0.4, -0.2) is 42.1 Å². The largest absolute Gasteiger partial charge is 0.468 e. The summed E-state index contributed by atoms with van der Waals surface area (Å²) in [4.78, 5) is 18.2. The molecule has 0 bridgehead atoms. The predicted molar refractivity (Wildman–Crippen MR) is 69.2 cm³/mol. The van der Waals surface area contributed by atoms with Crippen LogP contribution < -0.4 is 0 Å². The van der Waals surface area contributed by atoms with E-state index in [4.69, 9.17) is 4.74 Å². The van der Waals surface area contributed by atoms with Crippen LogP contribution in [0.3, 0.4) is 0 Å². The van der Waals surface area contributed by atoms with Crippen molar-refractivity contribution < 1.29 is 9.53 Å². The van der Waals surface area contributed by atoms with E-state index in [1.807, 2.05) is 24.4 Å². The summed E-state index contributed by atoms with van der Waals surface area (Å²) < 4.78 is 4.88. The van der Waals surface area contributed by atoms with Crippen LogP contribution >= 0.6 is 0 Å². The highest BCUT2D eigenvalue weighted by Gasteiger charge is 2.28. The standard InChI is InChI=1S/C14H20N2O2/c1-18-14(17)13-7-3-5-10-16(13)11-8-12-6-2-4-9-15-12/h2,4,6,9,13H,3,5,7-8,10-11H2,1H3/t13-/m1/s1. The Hall–Kier alpha value is -1.42. The maximum absolute atomic E-state index is 11.7. The minimum Gasteiger partial charge on any atom is -0.468 e. The van der Waals surface area contributed by atoms with E-state index in [0.29, 0.717) is 0 Å². The minimum atomic E-state index is -0.101. The van der Waals surface area contributed by atoms with Crippen molar-refractivity contribution in [3.8, 4) is 0 Å². The third-order valence-electron chi connectivity index (χ3n) is 3.47. The molecule has 1 aliphatic heterocycles. The average Bonchev–Trinajstić information content (AvgIpc) is 2.45. The number of ether oxygens (including phenoxy) is 1. The van der Waals surface area contributed by atoms with Gasteiger partial charge in [0.15, 0.2) is 0 Å². The molecule has 4 heteroatoms. The Morgan fingerprint density at radius 3 is 3.11 bits per heavy atom. The monoisotopic (exact) mass is 248 g/mol. The summed E-state index contributed by atoms with van der Waals surface area (Å²) in [7, 11) is 1.47. The number of aromatic nitrogens is 1. The molecule has 0 saturated carbocycles. The maximum atomic E-state index is 11.7. The number of hydrogen-bond acceptors (Lipinski definition) is 4. The first-order chi connectivity index (χ1) is 8.81. The molecule has 0 amide bonds. The molecule has 0 aromatic carbocycles. The second-order valence-electron chi connectivity index (χ2n) is 4.64. The van der Waals surface area contributed by atoms with Crippen LogP contribution in [0.1, 0.15) is 25.0 Å². The van der Waals surface area contributed by atoms with Crippen molar-refractivity contribution in [3.05, 3.63) is 30.1 Å². The molecule has 0 aliphatic carbocycles. The summed E-state index contributed by atoms with van der Waals surface area (Å²) >= 11 is 0. The van der Waals surface area contributed by atoms with E-state index in [9.17, 15) is 4.79 Å². The van der Waals surface area contributed by atoms with Gasteiger partial charge >= 0.3 is 5.97 Å². The number of carbonyl (C=O) groups is 1. The minimum absolute atomic E-state index is 0.0625. The SMILES string of the molecule is COC(=O)[C@H]1CCCCN1CCc1ccccn1. The molecule has 2 heterocycles. The van der Waals surface area contributed by atoms with Crippen LogP contribution in [0.4, 0.5) is 0 Å². The van der Waals surface area contributed by atoms with Crippen molar-refractivity contribution in [2.45, 2.75) is 31.7 Å². The molecular weight excluding hydrogens is 228 g/mol. The molecule has 2 rings (SSSR count). The Morgan fingerprint density at radius 1 is 1.50 bits per heavy atom. The van der Waals surface area contributed by atoms with E-state index in [0.717, 1.165) is 44.5 Å². The van der Waals surface area contributed by atoms with Crippen LogP contribution in [0, 0.1) is 0 Å². The molecule has 0 spiro atoms. The molecule has 18 heavy (non-hydrogen) atoms. The number of likely N-dealkylation sites (tertiary alicyclic amines) is 1. The molecular formula is C14H20N2O2. The van der Waals surface area contributed by atoms with Gasteiger partial charge in [0.05, 0.1) is 7.11 Å². The van der Waals surface area contributed by atoms with E-state index in [1.165, 1.54) is 7.11 Å². The van der Waals surface area contributed by atoms with Gasteiger partial charge in [-0.05, 0) is 31.5 Å². The molecule has 1 fully saturated rings. The van der Waals surface area contributed by atoms with Gasteiger partial charge in [-0.15, -0.1) is 0 Å². The fourth-order valence-corrected chi connectivity index (χ4v) is 2.47. The number of esters is 1. The fourth-order valence-electron chi connectivity index (χ4n) is 2.47. The Morgan fingerprint density at radius 2 is 2.39 bits per heavy atom. The van der Waals surface area contributed by atoms with Crippen molar-refractivity contribution in [1.82, 2.24) is 9.88 Å². The molecule has 1 saturated heterocycles. The van der Waals surface area contributed by atoms with E-state index < -0.39 is 0 Å². The summed E-state index contributed by atoms with van der Waals surface area (Å²) in [6, 6.07) is 5.88. The first-order valence-corrected chi connectivity index (χ1v) is 6.53.